The minimum Gasteiger partial charge on any atom is -0.466 e. The van der Waals surface area contributed by atoms with Crippen molar-refractivity contribution in [1.29, 1.82) is 0 Å². The molecule has 1 aliphatic heterocycles. The Morgan fingerprint density at radius 1 is 1.12 bits per heavy atom. The predicted octanol–water partition coefficient (Wildman–Crippen LogP) is 0.321. The summed E-state index contributed by atoms with van der Waals surface area (Å²) in [7, 11) is 2.53. The number of nitrogens with zero attached hydrogens (tertiary/aromatic N) is 4. The van der Waals surface area contributed by atoms with E-state index < -0.39 is 11.9 Å². The van der Waals surface area contributed by atoms with Crippen molar-refractivity contribution in [2.24, 2.45) is 0 Å². The summed E-state index contributed by atoms with van der Waals surface area (Å²) in [6.45, 7) is 2.64. The summed E-state index contributed by atoms with van der Waals surface area (Å²) in [5, 5.41) is 8.11. The lowest BCUT2D eigenvalue weighted by atomic mass is 10.1. The average molecular weight is 360 g/mol. The fourth-order valence-corrected chi connectivity index (χ4v) is 2.81. The Kier molecular flexibility index (Phi) is 5.59. The smallest absolute Gasteiger partial charge is 0.357 e. The molecule has 26 heavy (non-hydrogen) atoms. The maximum absolute atomic E-state index is 12.5. The summed E-state index contributed by atoms with van der Waals surface area (Å²) in [5.74, 6) is -1.30. The van der Waals surface area contributed by atoms with Crippen LogP contribution in [0.2, 0.25) is 0 Å². The maximum Gasteiger partial charge on any atom is 0.357 e. The summed E-state index contributed by atoms with van der Waals surface area (Å²) in [4.78, 5) is 27.0. The summed E-state index contributed by atoms with van der Waals surface area (Å²) in [5.41, 5.74) is 1.36. The van der Waals surface area contributed by atoms with Gasteiger partial charge in [0.2, 0.25) is 0 Å². The maximum atomic E-state index is 12.5. The third-order valence-corrected chi connectivity index (χ3v) is 4.15. The SMILES string of the molecule is COC(=O)/C(CN1CCOCC1)=C(\C(=O)OC)n1nnc2ccccc21. The number of rotatable bonds is 5. The Morgan fingerprint density at radius 3 is 2.50 bits per heavy atom. The van der Waals surface area contributed by atoms with E-state index in [-0.39, 0.29) is 17.8 Å². The second-order valence-corrected chi connectivity index (χ2v) is 5.69. The molecule has 138 valence electrons. The van der Waals surface area contributed by atoms with Gasteiger partial charge in [-0.15, -0.1) is 5.10 Å². The Hall–Kier alpha value is -2.78. The lowest BCUT2D eigenvalue weighted by molar-refractivity contribution is -0.138. The Bertz CT molecular complexity index is 839. The van der Waals surface area contributed by atoms with Gasteiger partial charge in [-0.2, -0.15) is 0 Å². The van der Waals surface area contributed by atoms with Crippen LogP contribution in [0.25, 0.3) is 16.7 Å². The van der Waals surface area contributed by atoms with Crippen LogP contribution in [0, 0.1) is 0 Å². The number of fused-ring (bicyclic) bond motifs is 1. The van der Waals surface area contributed by atoms with Crippen molar-refractivity contribution in [3.05, 3.63) is 29.8 Å². The lowest BCUT2D eigenvalue weighted by Gasteiger charge is -2.27. The zero-order chi connectivity index (χ0) is 18.5. The van der Waals surface area contributed by atoms with Crippen molar-refractivity contribution in [2.75, 3.05) is 47.1 Å². The van der Waals surface area contributed by atoms with Crippen LogP contribution in [-0.2, 0) is 23.8 Å². The van der Waals surface area contributed by atoms with E-state index in [1.165, 1.54) is 18.9 Å². The normalized spacial score (nSPS) is 16.2. The van der Waals surface area contributed by atoms with Gasteiger partial charge in [0.05, 0.1) is 38.5 Å². The molecule has 0 bridgehead atoms. The highest BCUT2D eigenvalue weighted by Crippen LogP contribution is 2.21. The van der Waals surface area contributed by atoms with Crippen LogP contribution in [0.1, 0.15) is 0 Å². The first kappa shape index (κ1) is 18.0. The molecule has 1 fully saturated rings. The number of carbonyl (C=O) groups is 2. The van der Waals surface area contributed by atoms with Crippen LogP contribution >= 0.6 is 0 Å². The molecule has 0 atom stereocenters. The summed E-state index contributed by atoms with van der Waals surface area (Å²) >= 11 is 0. The molecule has 0 unspecified atom stereocenters. The second kappa shape index (κ2) is 8.07. The van der Waals surface area contributed by atoms with Crippen LogP contribution in [0.4, 0.5) is 0 Å². The van der Waals surface area contributed by atoms with E-state index in [2.05, 4.69) is 10.3 Å². The highest BCUT2D eigenvalue weighted by Gasteiger charge is 2.28. The number of para-hydroxylation sites is 1. The Morgan fingerprint density at radius 2 is 1.81 bits per heavy atom. The first-order valence-corrected chi connectivity index (χ1v) is 8.16. The first-order chi connectivity index (χ1) is 12.7. The number of ether oxygens (including phenoxy) is 3. The molecule has 9 heteroatoms. The van der Waals surface area contributed by atoms with Gasteiger partial charge in [0.25, 0.3) is 0 Å². The number of methoxy groups -OCH3 is 2. The predicted molar refractivity (Wildman–Crippen MR) is 92.0 cm³/mol. The van der Waals surface area contributed by atoms with E-state index in [1.54, 1.807) is 18.2 Å². The number of carbonyl (C=O) groups excluding carboxylic acids is 2. The van der Waals surface area contributed by atoms with Gasteiger partial charge in [0, 0.05) is 19.6 Å². The molecule has 0 N–H and O–H groups in total. The number of hydrogen-bond acceptors (Lipinski definition) is 8. The van der Waals surface area contributed by atoms with E-state index in [9.17, 15) is 9.59 Å². The Labute approximate surface area is 150 Å². The average Bonchev–Trinajstić information content (AvgIpc) is 3.11. The highest BCUT2D eigenvalue weighted by molar-refractivity contribution is 6.18. The standard InChI is InChI=1S/C17H20N4O5/c1-24-16(22)12(11-20-7-9-26-10-8-20)15(17(23)25-2)21-14-6-4-3-5-13(14)18-19-21/h3-6H,7-11H2,1-2H3/b15-12+. The van der Waals surface area contributed by atoms with Crippen molar-refractivity contribution in [1.82, 2.24) is 19.9 Å². The molecule has 1 aromatic heterocycles. The van der Waals surface area contributed by atoms with Crippen molar-refractivity contribution in [3.8, 4) is 0 Å². The van der Waals surface area contributed by atoms with Gasteiger partial charge in [-0.1, -0.05) is 17.3 Å². The summed E-state index contributed by atoms with van der Waals surface area (Å²) in [6.07, 6.45) is 0. The number of aromatic nitrogens is 3. The Balaban J connectivity index is 2.13. The molecule has 2 heterocycles. The molecule has 0 aliphatic carbocycles. The van der Waals surface area contributed by atoms with Crippen LogP contribution < -0.4 is 0 Å². The number of morpholine rings is 1. The van der Waals surface area contributed by atoms with Crippen molar-refractivity contribution in [3.63, 3.8) is 0 Å². The molecule has 2 aromatic rings. The van der Waals surface area contributed by atoms with E-state index in [0.717, 1.165) is 0 Å². The van der Waals surface area contributed by atoms with E-state index in [0.29, 0.717) is 37.3 Å². The van der Waals surface area contributed by atoms with Gasteiger partial charge in [0.1, 0.15) is 5.52 Å². The number of esters is 2. The van der Waals surface area contributed by atoms with E-state index in [4.69, 9.17) is 14.2 Å². The van der Waals surface area contributed by atoms with Gasteiger partial charge >= 0.3 is 11.9 Å². The van der Waals surface area contributed by atoms with Gasteiger partial charge in [-0.25, -0.2) is 14.3 Å². The zero-order valence-corrected chi connectivity index (χ0v) is 14.7. The topological polar surface area (TPSA) is 95.8 Å². The lowest BCUT2D eigenvalue weighted by Crippen LogP contribution is -2.39. The van der Waals surface area contributed by atoms with E-state index >= 15 is 0 Å². The minimum absolute atomic E-state index is 0.000424. The minimum atomic E-state index is -0.686. The molecular weight excluding hydrogens is 340 g/mol. The number of hydrogen-bond donors (Lipinski definition) is 0. The molecule has 0 spiro atoms. The fraction of sp³-hybridized carbons (Fsp3) is 0.412. The monoisotopic (exact) mass is 360 g/mol. The molecule has 1 aliphatic rings. The van der Waals surface area contributed by atoms with Crippen molar-refractivity contribution >= 4 is 28.7 Å². The molecular formula is C17H20N4O5. The molecule has 0 saturated carbocycles. The van der Waals surface area contributed by atoms with Crippen molar-refractivity contribution < 1.29 is 23.8 Å². The molecule has 1 saturated heterocycles. The highest BCUT2D eigenvalue weighted by atomic mass is 16.5. The van der Waals surface area contributed by atoms with E-state index in [1.807, 2.05) is 11.0 Å². The molecule has 3 rings (SSSR count). The fourth-order valence-electron chi connectivity index (χ4n) is 2.81. The van der Waals surface area contributed by atoms with Crippen LogP contribution in [-0.4, -0.2) is 78.9 Å². The van der Waals surface area contributed by atoms with Crippen LogP contribution in [0.3, 0.4) is 0 Å². The summed E-state index contributed by atoms with van der Waals surface area (Å²) < 4.78 is 16.5. The summed E-state index contributed by atoms with van der Waals surface area (Å²) in [6, 6.07) is 7.16. The largest absolute Gasteiger partial charge is 0.466 e. The van der Waals surface area contributed by atoms with Crippen LogP contribution in [0.5, 0.6) is 0 Å². The molecule has 0 amide bonds. The van der Waals surface area contributed by atoms with Gasteiger partial charge < -0.3 is 14.2 Å². The van der Waals surface area contributed by atoms with Gasteiger partial charge in [-0.3, -0.25) is 4.90 Å². The molecule has 0 radical (unpaired) electrons. The number of benzene rings is 1. The molecule has 1 aromatic carbocycles. The third-order valence-electron chi connectivity index (χ3n) is 4.15. The first-order valence-electron chi connectivity index (χ1n) is 8.16. The quantitative estimate of drug-likeness (QED) is 0.556. The van der Waals surface area contributed by atoms with Crippen molar-refractivity contribution in [2.45, 2.75) is 0 Å². The van der Waals surface area contributed by atoms with Gasteiger partial charge in [0.15, 0.2) is 5.70 Å². The van der Waals surface area contributed by atoms with Gasteiger partial charge in [-0.05, 0) is 12.1 Å². The second-order valence-electron chi connectivity index (χ2n) is 5.69. The van der Waals surface area contributed by atoms with Crippen LogP contribution in [0.15, 0.2) is 29.8 Å². The zero-order valence-electron chi connectivity index (χ0n) is 14.7. The molecule has 9 nitrogen and oxygen atoms in total. The third kappa shape index (κ3) is 3.58.